The molecule has 3 aromatic rings. The lowest BCUT2D eigenvalue weighted by Gasteiger charge is -2.24. The summed E-state index contributed by atoms with van der Waals surface area (Å²) >= 11 is 0. The van der Waals surface area contributed by atoms with E-state index in [1.54, 1.807) is 6.20 Å². The van der Waals surface area contributed by atoms with Gasteiger partial charge in [-0.25, -0.2) is 4.98 Å². The number of benzene rings is 1. The summed E-state index contributed by atoms with van der Waals surface area (Å²) in [6.45, 7) is 3.50. The van der Waals surface area contributed by atoms with E-state index < -0.39 is 0 Å². The molecule has 0 radical (unpaired) electrons. The summed E-state index contributed by atoms with van der Waals surface area (Å²) in [5.74, 6) is -0.0420. The van der Waals surface area contributed by atoms with Crippen molar-refractivity contribution in [3.63, 3.8) is 0 Å². The highest BCUT2D eigenvalue weighted by molar-refractivity contribution is 5.94. The Labute approximate surface area is 140 Å². The smallest absolute Gasteiger partial charge is 0.274 e. The molecule has 0 bridgehead atoms. The van der Waals surface area contributed by atoms with E-state index in [9.17, 15) is 4.79 Å². The first-order valence-corrected chi connectivity index (χ1v) is 8.22. The van der Waals surface area contributed by atoms with Crippen molar-refractivity contribution < 1.29 is 4.79 Å². The Morgan fingerprint density at radius 1 is 1.25 bits per heavy atom. The van der Waals surface area contributed by atoms with Crippen LogP contribution in [0, 0.1) is 6.92 Å². The van der Waals surface area contributed by atoms with Gasteiger partial charge in [0.1, 0.15) is 5.69 Å². The number of hydrogen-bond acceptors (Lipinski definition) is 4. The topological polar surface area (TPSA) is 63.9 Å². The van der Waals surface area contributed by atoms with E-state index >= 15 is 0 Å². The number of fused-ring (bicyclic) bond motifs is 1. The van der Waals surface area contributed by atoms with Crippen LogP contribution in [-0.4, -0.2) is 43.1 Å². The maximum absolute atomic E-state index is 12.9. The molecule has 0 N–H and O–H groups in total. The van der Waals surface area contributed by atoms with Crippen molar-refractivity contribution in [3.05, 3.63) is 54.1 Å². The molecule has 1 unspecified atom stereocenters. The first-order chi connectivity index (χ1) is 11.7. The van der Waals surface area contributed by atoms with Gasteiger partial charge in [-0.2, -0.15) is 5.10 Å². The van der Waals surface area contributed by atoms with Crippen molar-refractivity contribution >= 4 is 16.9 Å². The predicted molar refractivity (Wildman–Crippen MR) is 90.6 cm³/mol. The number of aryl methyl sites for hydroxylation is 1. The summed E-state index contributed by atoms with van der Waals surface area (Å²) in [6.07, 6.45) is 7.44. The third-order valence-electron chi connectivity index (χ3n) is 4.47. The molecule has 122 valence electrons. The van der Waals surface area contributed by atoms with Gasteiger partial charge in [-0.05, 0) is 37.5 Å². The number of carbonyl (C=O) groups is 1. The molecule has 1 atom stereocenters. The number of nitrogens with zero attached hydrogens (tertiary/aromatic N) is 5. The molecule has 24 heavy (non-hydrogen) atoms. The maximum atomic E-state index is 12.9. The van der Waals surface area contributed by atoms with Crippen molar-refractivity contribution in [1.82, 2.24) is 24.6 Å². The van der Waals surface area contributed by atoms with Crippen LogP contribution in [0.1, 0.15) is 28.9 Å². The molecule has 4 rings (SSSR count). The standard InChI is InChI=1S/C18H19N5O/c1-13-9-20-22(11-13)12-14-5-4-8-23(14)18(24)17-10-19-15-6-2-3-7-16(15)21-17/h2-3,6-7,9-11,14H,4-5,8,12H2,1H3. The van der Waals surface area contributed by atoms with Gasteiger partial charge in [0.25, 0.3) is 5.91 Å². The number of aromatic nitrogens is 4. The first kappa shape index (κ1) is 14.8. The van der Waals surface area contributed by atoms with Crippen LogP contribution in [0.15, 0.2) is 42.9 Å². The van der Waals surface area contributed by atoms with E-state index in [-0.39, 0.29) is 11.9 Å². The van der Waals surface area contributed by atoms with Gasteiger partial charge in [-0.15, -0.1) is 0 Å². The molecule has 1 aliphatic rings. The molecule has 0 saturated carbocycles. The molecule has 1 saturated heterocycles. The van der Waals surface area contributed by atoms with Crippen molar-refractivity contribution in [3.8, 4) is 0 Å². The SMILES string of the molecule is Cc1cnn(CC2CCCN2C(=O)c2cnc3ccccc3n2)c1. The molecule has 1 aromatic carbocycles. The predicted octanol–water partition coefficient (Wildman–Crippen LogP) is 2.44. The molecule has 2 aromatic heterocycles. The van der Waals surface area contributed by atoms with Crippen molar-refractivity contribution in [2.45, 2.75) is 32.4 Å². The molecule has 1 aliphatic heterocycles. The highest BCUT2D eigenvalue weighted by atomic mass is 16.2. The molecule has 3 heterocycles. The number of rotatable bonds is 3. The number of carbonyl (C=O) groups excluding carboxylic acids is 1. The van der Waals surface area contributed by atoms with Crippen LogP contribution in [0.25, 0.3) is 11.0 Å². The van der Waals surface area contributed by atoms with Crippen LogP contribution in [0.2, 0.25) is 0 Å². The third-order valence-corrected chi connectivity index (χ3v) is 4.47. The van der Waals surface area contributed by atoms with Crippen molar-refractivity contribution in [1.29, 1.82) is 0 Å². The minimum atomic E-state index is -0.0420. The van der Waals surface area contributed by atoms with Gasteiger partial charge >= 0.3 is 0 Å². The fourth-order valence-electron chi connectivity index (χ4n) is 3.28. The molecule has 6 heteroatoms. The van der Waals surface area contributed by atoms with Gasteiger partial charge < -0.3 is 4.90 Å². The Kier molecular flexibility index (Phi) is 3.72. The van der Waals surface area contributed by atoms with Gasteiger partial charge in [0.05, 0.1) is 36.0 Å². The summed E-state index contributed by atoms with van der Waals surface area (Å²) in [4.78, 5) is 23.7. The zero-order valence-electron chi connectivity index (χ0n) is 13.6. The Hall–Kier alpha value is -2.76. The van der Waals surface area contributed by atoms with Gasteiger partial charge in [-0.1, -0.05) is 12.1 Å². The average Bonchev–Trinajstić information content (AvgIpc) is 3.23. The average molecular weight is 321 g/mol. The molecule has 0 aliphatic carbocycles. The van der Waals surface area contributed by atoms with Gasteiger partial charge in [0, 0.05) is 12.7 Å². The van der Waals surface area contributed by atoms with Crippen LogP contribution in [0.3, 0.4) is 0 Å². The van der Waals surface area contributed by atoms with Crippen LogP contribution in [-0.2, 0) is 6.54 Å². The summed E-state index contributed by atoms with van der Waals surface area (Å²) in [5.41, 5.74) is 3.10. The Morgan fingerprint density at radius 3 is 2.88 bits per heavy atom. The van der Waals surface area contributed by atoms with E-state index in [1.165, 1.54) is 0 Å². The second-order valence-corrected chi connectivity index (χ2v) is 6.28. The number of hydrogen-bond donors (Lipinski definition) is 0. The quantitative estimate of drug-likeness (QED) is 0.743. The van der Waals surface area contributed by atoms with E-state index in [0.717, 1.165) is 42.5 Å². The normalized spacial score (nSPS) is 17.5. The lowest BCUT2D eigenvalue weighted by Crippen LogP contribution is -2.38. The monoisotopic (exact) mass is 321 g/mol. The molecule has 0 spiro atoms. The van der Waals surface area contributed by atoms with E-state index in [4.69, 9.17) is 0 Å². The van der Waals surface area contributed by atoms with Gasteiger partial charge in [0.2, 0.25) is 0 Å². The molecule has 1 amide bonds. The van der Waals surface area contributed by atoms with Gasteiger partial charge in [-0.3, -0.25) is 14.5 Å². The molecular weight excluding hydrogens is 302 g/mol. The van der Waals surface area contributed by atoms with E-state index in [1.807, 2.05) is 53.2 Å². The van der Waals surface area contributed by atoms with Crippen LogP contribution in [0.4, 0.5) is 0 Å². The molecular formula is C18H19N5O. The summed E-state index contributed by atoms with van der Waals surface area (Å²) in [7, 11) is 0. The Bertz CT molecular complexity index is 888. The number of para-hydroxylation sites is 2. The molecule has 1 fully saturated rings. The maximum Gasteiger partial charge on any atom is 0.274 e. The van der Waals surface area contributed by atoms with E-state index in [2.05, 4.69) is 15.1 Å². The number of likely N-dealkylation sites (tertiary alicyclic amines) is 1. The van der Waals surface area contributed by atoms with E-state index in [0.29, 0.717) is 5.69 Å². The van der Waals surface area contributed by atoms with Crippen LogP contribution in [0.5, 0.6) is 0 Å². The Balaban J connectivity index is 1.57. The zero-order chi connectivity index (χ0) is 16.5. The van der Waals surface area contributed by atoms with Crippen LogP contribution >= 0.6 is 0 Å². The summed E-state index contributed by atoms with van der Waals surface area (Å²) in [5, 5.41) is 4.34. The highest BCUT2D eigenvalue weighted by Gasteiger charge is 2.30. The third kappa shape index (κ3) is 2.75. The first-order valence-electron chi connectivity index (χ1n) is 8.22. The second-order valence-electron chi connectivity index (χ2n) is 6.28. The fourth-order valence-corrected chi connectivity index (χ4v) is 3.28. The molecule has 6 nitrogen and oxygen atoms in total. The minimum Gasteiger partial charge on any atom is -0.332 e. The van der Waals surface area contributed by atoms with Crippen molar-refractivity contribution in [2.75, 3.05) is 6.54 Å². The highest BCUT2D eigenvalue weighted by Crippen LogP contribution is 2.21. The minimum absolute atomic E-state index is 0.0420. The zero-order valence-corrected chi connectivity index (χ0v) is 13.6. The summed E-state index contributed by atoms with van der Waals surface area (Å²) in [6, 6.07) is 7.76. The second kappa shape index (κ2) is 6.03. The van der Waals surface area contributed by atoms with Crippen molar-refractivity contribution in [2.24, 2.45) is 0 Å². The van der Waals surface area contributed by atoms with Gasteiger partial charge in [0.15, 0.2) is 0 Å². The Morgan fingerprint density at radius 2 is 2.08 bits per heavy atom. The van der Waals surface area contributed by atoms with Crippen LogP contribution < -0.4 is 0 Å². The lowest BCUT2D eigenvalue weighted by molar-refractivity contribution is 0.0715. The largest absolute Gasteiger partial charge is 0.332 e. The fraction of sp³-hybridized carbons (Fsp3) is 0.333. The summed E-state index contributed by atoms with van der Waals surface area (Å²) < 4.78 is 1.91. The lowest BCUT2D eigenvalue weighted by atomic mass is 10.2. The number of amides is 1.